The van der Waals surface area contributed by atoms with Gasteiger partial charge >= 0.3 is 0 Å². The molecule has 0 aliphatic carbocycles. The zero-order valence-corrected chi connectivity index (χ0v) is 14.9. The molecule has 0 bridgehead atoms. The normalized spacial score (nSPS) is 11.8. The Balaban J connectivity index is 2.39. The van der Waals surface area contributed by atoms with Crippen LogP contribution >= 0.6 is 11.6 Å². The van der Waals surface area contributed by atoms with E-state index >= 15 is 0 Å². The van der Waals surface area contributed by atoms with Gasteiger partial charge in [0.2, 0.25) is 0 Å². The SMILES string of the molecule is Cc1cc(Cl)c2nc(-c3ccccc3S(C)(=O)=O)c(CN)cc2c1. The maximum Gasteiger partial charge on any atom is 0.176 e. The minimum absolute atomic E-state index is 0.231. The average Bonchev–Trinajstić information content (AvgIpc) is 2.52. The Morgan fingerprint density at radius 1 is 1.17 bits per heavy atom. The van der Waals surface area contributed by atoms with Gasteiger partial charge in [-0.25, -0.2) is 13.4 Å². The molecule has 6 heteroatoms. The van der Waals surface area contributed by atoms with Crippen LogP contribution in [0, 0.1) is 6.92 Å². The Hall–Kier alpha value is -1.95. The van der Waals surface area contributed by atoms with Crippen molar-refractivity contribution in [2.75, 3.05) is 6.26 Å². The van der Waals surface area contributed by atoms with Gasteiger partial charge in [-0.1, -0.05) is 29.8 Å². The van der Waals surface area contributed by atoms with Crippen molar-refractivity contribution in [3.8, 4) is 11.3 Å². The number of pyridine rings is 1. The van der Waals surface area contributed by atoms with Crippen LogP contribution in [0.2, 0.25) is 5.02 Å². The first kappa shape index (κ1) is 16.9. The number of hydrogen-bond acceptors (Lipinski definition) is 4. The van der Waals surface area contributed by atoms with E-state index in [0.717, 1.165) is 16.5 Å². The average molecular weight is 361 g/mol. The minimum atomic E-state index is -3.39. The number of nitrogens with zero attached hydrogens (tertiary/aromatic N) is 1. The molecule has 124 valence electrons. The minimum Gasteiger partial charge on any atom is -0.326 e. The van der Waals surface area contributed by atoms with Crippen molar-refractivity contribution in [1.29, 1.82) is 0 Å². The molecule has 0 fully saturated rings. The van der Waals surface area contributed by atoms with E-state index in [4.69, 9.17) is 17.3 Å². The first-order chi connectivity index (χ1) is 11.3. The molecule has 0 radical (unpaired) electrons. The summed E-state index contributed by atoms with van der Waals surface area (Å²) in [6, 6.07) is 12.5. The number of rotatable bonds is 3. The molecule has 4 nitrogen and oxygen atoms in total. The molecule has 3 rings (SSSR count). The molecule has 0 amide bonds. The van der Waals surface area contributed by atoms with Crippen LogP contribution < -0.4 is 5.73 Å². The summed E-state index contributed by atoms with van der Waals surface area (Å²) in [6.45, 7) is 2.21. The Morgan fingerprint density at radius 2 is 1.88 bits per heavy atom. The second-order valence-electron chi connectivity index (χ2n) is 5.79. The van der Waals surface area contributed by atoms with Crippen LogP contribution in [0.15, 0.2) is 47.4 Å². The van der Waals surface area contributed by atoms with Crippen molar-refractivity contribution in [3.05, 3.63) is 58.6 Å². The highest BCUT2D eigenvalue weighted by Gasteiger charge is 2.18. The van der Waals surface area contributed by atoms with Gasteiger partial charge in [0.25, 0.3) is 0 Å². The van der Waals surface area contributed by atoms with Crippen LogP contribution in [-0.2, 0) is 16.4 Å². The summed E-state index contributed by atoms with van der Waals surface area (Å²) in [5.41, 5.74) is 9.43. The topological polar surface area (TPSA) is 73.0 Å². The molecule has 0 unspecified atom stereocenters. The maximum absolute atomic E-state index is 12.1. The number of hydrogen-bond donors (Lipinski definition) is 1. The molecule has 0 saturated heterocycles. The van der Waals surface area contributed by atoms with Gasteiger partial charge in [0.05, 0.1) is 21.1 Å². The van der Waals surface area contributed by atoms with Crippen LogP contribution in [-0.4, -0.2) is 19.7 Å². The van der Waals surface area contributed by atoms with Crippen LogP contribution in [0.4, 0.5) is 0 Å². The number of aryl methyl sites for hydroxylation is 1. The predicted molar refractivity (Wildman–Crippen MR) is 97.9 cm³/mol. The van der Waals surface area contributed by atoms with Crippen molar-refractivity contribution in [1.82, 2.24) is 4.98 Å². The standard InChI is InChI=1S/C18H17ClN2O2S/c1-11-7-12-9-13(10-20)17(21-18(12)15(19)8-11)14-5-3-4-6-16(14)24(2,22)23/h3-9H,10,20H2,1-2H3. The number of fused-ring (bicyclic) bond motifs is 1. The molecule has 3 aromatic rings. The van der Waals surface area contributed by atoms with Gasteiger partial charge in [0.15, 0.2) is 9.84 Å². The van der Waals surface area contributed by atoms with Crippen molar-refractivity contribution >= 4 is 32.3 Å². The summed E-state index contributed by atoms with van der Waals surface area (Å²) in [4.78, 5) is 4.89. The van der Waals surface area contributed by atoms with E-state index in [0.29, 0.717) is 21.8 Å². The van der Waals surface area contributed by atoms with Crippen molar-refractivity contribution in [3.63, 3.8) is 0 Å². The van der Waals surface area contributed by atoms with E-state index < -0.39 is 9.84 Å². The van der Waals surface area contributed by atoms with Gasteiger partial charge in [-0.05, 0) is 42.3 Å². The van der Waals surface area contributed by atoms with E-state index in [9.17, 15) is 8.42 Å². The fraction of sp³-hybridized carbons (Fsp3) is 0.167. The predicted octanol–water partition coefficient (Wildman–Crippen LogP) is 3.73. The van der Waals surface area contributed by atoms with Crippen molar-refractivity contribution in [2.24, 2.45) is 5.73 Å². The van der Waals surface area contributed by atoms with E-state index in [2.05, 4.69) is 4.98 Å². The molecule has 2 aromatic carbocycles. The van der Waals surface area contributed by atoms with Gasteiger partial charge in [-0.15, -0.1) is 0 Å². The maximum atomic E-state index is 12.1. The lowest BCUT2D eigenvalue weighted by Gasteiger charge is -2.13. The van der Waals surface area contributed by atoms with Gasteiger partial charge in [-0.3, -0.25) is 0 Å². The largest absolute Gasteiger partial charge is 0.326 e. The summed E-state index contributed by atoms with van der Waals surface area (Å²) in [6.07, 6.45) is 1.19. The zero-order chi connectivity index (χ0) is 17.5. The third-order valence-corrected chi connectivity index (χ3v) is 5.30. The van der Waals surface area contributed by atoms with Gasteiger partial charge in [0, 0.05) is 23.8 Å². The fourth-order valence-corrected chi connectivity index (χ4v) is 4.02. The summed E-state index contributed by atoms with van der Waals surface area (Å²) in [7, 11) is -3.39. The lowest BCUT2D eigenvalue weighted by atomic mass is 10.0. The molecule has 24 heavy (non-hydrogen) atoms. The lowest BCUT2D eigenvalue weighted by Crippen LogP contribution is -2.05. The molecule has 0 spiro atoms. The molecule has 0 aliphatic rings. The van der Waals surface area contributed by atoms with E-state index in [1.807, 2.05) is 25.1 Å². The van der Waals surface area contributed by atoms with Gasteiger partial charge < -0.3 is 5.73 Å². The monoisotopic (exact) mass is 360 g/mol. The second kappa shape index (κ2) is 6.16. The Morgan fingerprint density at radius 3 is 2.54 bits per heavy atom. The Kier molecular flexibility index (Phi) is 4.34. The Labute approximate surface area is 146 Å². The quantitative estimate of drug-likeness (QED) is 0.772. The third-order valence-electron chi connectivity index (χ3n) is 3.86. The first-order valence-corrected chi connectivity index (χ1v) is 9.67. The van der Waals surface area contributed by atoms with Gasteiger partial charge in [0.1, 0.15) is 0 Å². The molecule has 0 aliphatic heterocycles. The molecule has 1 aromatic heterocycles. The molecule has 1 heterocycles. The van der Waals surface area contributed by atoms with Crippen LogP contribution in [0.5, 0.6) is 0 Å². The smallest absolute Gasteiger partial charge is 0.176 e. The Bertz CT molecular complexity index is 1050. The summed E-state index contributed by atoms with van der Waals surface area (Å²) in [5.74, 6) is 0. The summed E-state index contributed by atoms with van der Waals surface area (Å²) < 4.78 is 24.2. The molecular formula is C18H17ClN2O2S. The highest BCUT2D eigenvalue weighted by molar-refractivity contribution is 7.90. The summed E-state index contributed by atoms with van der Waals surface area (Å²) in [5, 5.41) is 1.42. The van der Waals surface area contributed by atoms with Crippen molar-refractivity contribution in [2.45, 2.75) is 18.4 Å². The highest BCUT2D eigenvalue weighted by atomic mass is 35.5. The number of benzene rings is 2. The fourth-order valence-electron chi connectivity index (χ4n) is 2.80. The number of halogens is 1. The van der Waals surface area contributed by atoms with Crippen LogP contribution in [0.1, 0.15) is 11.1 Å². The summed E-state index contributed by atoms with van der Waals surface area (Å²) >= 11 is 6.33. The number of aromatic nitrogens is 1. The molecule has 2 N–H and O–H groups in total. The number of nitrogens with two attached hydrogens (primary N) is 1. The van der Waals surface area contributed by atoms with Crippen molar-refractivity contribution < 1.29 is 8.42 Å². The van der Waals surface area contributed by atoms with E-state index in [1.54, 1.807) is 24.3 Å². The van der Waals surface area contributed by atoms with Crippen LogP contribution in [0.25, 0.3) is 22.2 Å². The van der Waals surface area contributed by atoms with E-state index in [-0.39, 0.29) is 11.4 Å². The molecule has 0 saturated carbocycles. The second-order valence-corrected chi connectivity index (χ2v) is 8.18. The van der Waals surface area contributed by atoms with E-state index in [1.165, 1.54) is 6.26 Å². The van der Waals surface area contributed by atoms with Gasteiger partial charge in [-0.2, -0.15) is 0 Å². The lowest BCUT2D eigenvalue weighted by molar-refractivity contribution is 0.602. The third kappa shape index (κ3) is 3.02. The first-order valence-electron chi connectivity index (χ1n) is 7.40. The highest BCUT2D eigenvalue weighted by Crippen LogP contribution is 2.33. The molecule has 0 atom stereocenters. The van der Waals surface area contributed by atoms with Crippen LogP contribution in [0.3, 0.4) is 0 Å². The zero-order valence-electron chi connectivity index (χ0n) is 13.4. The molecular weight excluding hydrogens is 344 g/mol. The number of sulfone groups is 1.